The van der Waals surface area contributed by atoms with Gasteiger partial charge in [0.1, 0.15) is 0 Å². The fourth-order valence-electron chi connectivity index (χ4n) is 3.67. The van der Waals surface area contributed by atoms with Gasteiger partial charge in [0.25, 0.3) is 0 Å². The molecule has 0 heterocycles. The Bertz CT molecular complexity index is 1200. The van der Waals surface area contributed by atoms with Gasteiger partial charge in [-0.15, -0.1) is 0 Å². The number of Topliss-reactive ketones (excluding diaryl/α,β-unsaturated/α-hetero) is 1. The molecule has 0 amide bonds. The molecule has 2 nitrogen and oxygen atoms in total. The van der Waals surface area contributed by atoms with Gasteiger partial charge in [0.2, 0.25) is 0 Å². The number of nitrogens with zero attached hydrogens (tertiary/aromatic N) is 1. The van der Waals surface area contributed by atoms with Crippen LogP contribution in [0.1, 0.15) is 18.1 Å². The predicted octanol–water partition coefficient (Wildman–Crippen LogP) is 7.82. The van der Waals surface area contributed by atoms with E-state index in [1.54, 1.807) is 6.92 Å². The first kappa shape index (κ1) is 21.3. The number of benzene rings is 4. The average molecular weight is 418 g/mol. The first-order valence-corrected chi connectivity index (χ1v) is 10.8. The Morgan fingerprint density at radius 3 is 1.69 bits per heavy atom. The summed E-state index contributed by atoms with van der Waals surface area (Å²) >= 11 is 0. The lowest BCUT2D eigenvalue weighted by Crippen LogP contribution is -2.09. The van der Waals surface area contributed by atoms with Crippen molar-refractivity contribution in [1.29, 1.82) is 0 Å². The number of hydrogen-bond acceptors (Lipinski definition) is 2. The first-order chi connectivity index (χ1) is 15.5. The van der Waals surface area contributed by atoms with Gasteiger partial charge in [-0.05, 0) is 72.5 Å². The van der Waals surface area contributed by atoms with Crippen molar-refractivity contribution in [3.8, 4) is 11.1 Å². The van der Waals surface area contributed by atoms with Crippen molar-refractivity contribution in [3.05, 3.63) is 126 Å². The lowest BCUT2D eigenvalue weighted by molar-refractivity contribution is -0.114. The zero-order valence-corrected chi connectivity index (χ0v) is 18.6. The summed E-state index contributed by atoms with van der Waals surface area (Å²) < 4.78 is 0. The van der Waals surface area contributed by atoms with Crippen LogP contribution in [0.3, 0.4) is 0 Å². The number of para-hydroxylation sites is 1. The van der Waals surface area contributed by atoms with Crippen molar-refractivity contribution in [1.82, 2.24) is 0 Å². The van der Waals surface area contributed by atoms with E-state index < -0.39 is 0 Å². The van der Waals surface area contributed by atoms with E-state index in [0.29, 0.717) is 12.0 Å². The maximum atomic E-state index is 11.9. The van der Waals surface area contributed by atoms with Crippen LogP contribution in [0.25, 0.3) is 11.1 Å². The quantitative estimate of drug-likeness (QED) is 0.286. The third-order valence-corrected chi connectivity index (χ3v) is 5.56. The van der Waals surface area contributed by atoms with Gasteiger partial charge in [-0.25, -0.2) is 0 Å². The monoisotopic (exact) mass is 417 g/mol. The maximum Gasteiger partial charge on any atom is 0.162 e. The summed E-state index contributed by atoms with van der Waals surface area (Å²) in [6, 6.07) is 35.8. The number of anilines is 3. The van der Waals surface area contributed by atoms with Crippen LogP contribution in [0.15, 0.2) is 115 Å². The van der Waals surface area contributed by atoms with Gasteiger partial charge in [-0.3, -0.25) is 4.79 Å². The highest BCUT2D eigenvalue weighted by Gasteiger charge is 2.12. The summed E-state index contributed by atoms with van der Waals surface area (Å²) in [7, 11) is 0. The molecule has 0 aromatic heterocycles. The van der Waals surface area contributed by atoms with E-state index in [1.165, 1.54) is 5.56 Å². The Morgan fingerprint density at radius 2 is 1.16 bits per heavy atom. The Kier molecular flexibility index (Phi) is 6.32. The SMILES string of the molecule is C=C(C)C(=O)Cc1ccc(-c2ccc(N(c3ccccc3)c3ccc(C)cc3)cc2)cc1. The minimum Gasteiger partial charge on any atom is -0.311 e. The zero-order valence-electron chi connectivity index (χ0n) is 18.6. The molecule has 0 fully saturated rings. The summed E-state index contributed by atoms with van der Waals surface area (Å²) in [5.41, 5.74) is 8.47. The fourth-order valence-corrected chi connectivity index (χ4v) is 3.67. The summed E-state index contributed by atoms with van der Waals surface area (Å²) in [6.45, 7) is 7.59. The highest BCUT2D eigenvalue weighted by atomic mass is 16.1. The van der Waals surface area contributed by atoms with Crippen molar-refractivity contribution >= 4 is 22.8 Å². The summed E-state index contributed by atoms with van der Waals surface area (Å²) in [5, 5.41) is 0. The van der Waals surface area contributed by atoms with Crippen LogP contribution >= 0.6 is 0 Å². The van der Waals surface area contributed by atoms with Gasteiger partial charge in [-0.2, -0.15) is 0 Å². The number of aryl methyl sites for hydroxylation is 1. The molecule has 0 aliphatic rings. The van der Waals surface area contributed by atoms with Gasteiger partial charge in [0.15, 0.2) is 5.78 Å². The first-order valence-electron chi connectivity index (χ1n) is 10.8. The highest BCUT2D eigenvalue weighted by molar-refractivity contribution is 5.95. The summed E-state index contributed by atoms with van der Waals surface area (Å²) in [4.78, 5) is 14.2. The fraction of sp³-hybridized carbons (Fsp3) is 0.100. The maximum absolute atomic E-state index is 11.9. The minimum atomic E-state index is 0.0826. The van der Waals surface area contributed by atoms with Gasteiger partial charge in [0.05, 0.1) is 0 Å². The van der Waals surface area contributed by atoms with Crippen LogP contribution in [0, 0.1) is 6.92 Å². The lowest BCUT2D eigenvalue weighted by Gasteiger charge is -2.25. The predicted molar refractivity (Wildman–Crippen MR) is 135 cm³/mol. The molecule has 0 aliphatic heterocycles. The number of carbonyl (C=O) groups is 1. The molecule has 0 saturated heterocycles. The second-order valence-electron chi connectivity index (χ2n) is 8.13. The molecule has 0 N–H and O–H groups in total. The Morgan fingerprint density at radius 1 is 0.688 bits per heavy atom. The van der Waals surface area contributed by atoms with Gasteiger partial charge < -0.3 is 4.90 Å². The molecule has 2 heteroatoms. The number of rotatable bonds is 7. The van der Waals surface area contributed by atoms with Crippen LogP contribution in [0.4, 0.5) is 17.1 Å². The normalized spacial score (nSPS) is 10.6. The van der Waals surface area contributed by atoms with Crippen LogP contribution in [-0.4, -0.2) is 5.78 Å². The number of hydrogen-bond donors (Lipinski definition) is 0. The lowest BCUT2D eigenvalue weighted by atomic mass is 10.00. The highest BCUT2D eigenvalue weighted by Crippen LogP contribution is 2.35. The van der Waals surface area contributed by atoms with Crippen molar-refractivity contribution in [3.63, 3.8) is 0 Å². The molecule has 0 atom stereocenters. The average Bonchev–Trinajstić information content (AvgIpc) is 2.82. The van der Waals surface area contributed by atoms with E-state index in [9.17, 15) is 4.79 Å². The van der Waals surface area contributed by atoms with E-state index in [0.717, 1.165) is 33.8 Å². The van der Waals surface area contributed by atoms with Gasteiger partial charge >= 0.3 is 0 Å². The number of carbonyl (C=O) groups excluding carboxylic acids is 1. The van der Waals surface area contributed by atoms with Crippen molar-refractivity contribution in [2.45, 2.75) is 20.3 Å². The molecule has 158 valence electrons. The van der Waals surface area contributed by atoms with Crippen molar-refractivity contribution in [2.24, 2.45) is 0 Å². The molecular weight excluding hydrogens is 390 g/mol. The minimum absolute atomic E-state index is 0.0826. The van der Waals surface area contributed by atoms with E-state index >= 15 is 0 Å². The Balaban J connectivity index is 1.61. The molecule has 0 spiro atoms. The molecule has 4 aromatic carbocycles. The summed E-state index contributed by atoms with van der Waals surface area (Å²) in [6.07, 6.45) is 0.400. The smallest absolute Gasteiger partial charge is 0.162 e. The molecule has 0 unspecified atom stereocenters. The second kappa shape index (κ2) is 9.49. The van der Waals surface area contributed by atoms with Crippen molar-refractivity contribution in [2.75, 3.05) is 4.90 Å². The molecule has 4 rings (SSSR count). The van der Waals surface area contributed by atoms with Crippen LogP contribution < -0.4 is 4.90 Å². The van der Waals surface area contributed by atoms with Crippen LogP contribution in [0.2, 0.25) is 0 Å². The van der Waals surface area contributed by atoms with Gasteiger partial charge in [-0.1, -0.05) is 78.9 Å². The second-order valence-corrected chi connectivity index (χ2v) is 8.13. The molecule has 0 bridgehead atoms. The topological polar surface area (TPSA) is 20.3 Å². The van der Waals surface area contributed by atoms with E-state index in [4.69, 9.17) is 0 Å². The molecule has 4 aromatic rings. The molecular formula is C30H27NO. The molecule has 0 saturated carbocycles. The van der Waals surface area contributed by atoms with Crippen molar-refractivity contribution < 1.29 is 4.79 Å². The molecule has 0 aliphatic carbocycles. The van der Waals surface area contributed by atoms with E-state index in [1.807, 2.05) is 18.2 Å². The van der Waals surface area contributed by atoms with E-state index in [-0.39, 0.29) is 5.78 Å². The van der Waals surface area contributed by atoms with Crippen LogP contribution in [0.5, 0.6) is 0 Å². The molecule has 32 heavy (non-hydrogen) atoms. The Hall–Kier alpha value is -3.91. The van der Waals surface area contributed by atoms with Crippen LogP contribution in [-0.2, 0) is 11.2 Å². The number of ketones is 1. The third-order valence-electron chi connectivity index (χ3n) is 5.56. The Labute approximate surface area is 190 Å². The summed E-state index contributed by atoms with van der Waals surface area (Å²) in [5.74, 6) is 0.0826. The standard InChI is InChI=1S/C30H27NO/c1-22(2)30(32)21-24-11-13-25(14-12-24)26-15-19-29(20-16-26)31(27-7-5-4-6-8-27)28-17-9-23(3)10-18-28/h4-20H,1,21H2,2-3H3. The zero-order chi connectivity index (χ0) is 22.5. The third kappa shape index (κ3) is 4.87. The number of allylic oxidation sites excluding steroid dienone is 1. The van der Waals surface area contributed by atoms with Gasteiger partial charge in [0, 0.05) is 23.5 Å². The largest absolute Gasteiger partial charge is 0.311 e. The molecule has 0 radical (unpaired) electrons. The van der Waals surface area contributed by atoms with E-state index in [2.05, 4.69) is 103 Å².